The highest BCUT2D eigenvalue weighted by Gasteiger charge is 2.15. The fourth-order valence-corrected chi connectivity index (χ4v) is 3.78. The molecule has 24 heavy (non-hydrogen) atoms. The number of nitrogens with one attached hydrogen (secondary N) is 2. The van der Waals surface area contributed by atoms with Crippen LogP contribution in [0.4, 0.5) is 0 Å². The van der Waals surface area contributed by atoms with Crippen LogP contribution in [-0.4, -0.2) is 25.1 Å². The van der Waals surface area contributed by atoms with Gasteiger partial charge >= 0.3 is 0 Å². The number of thiophene rings is 1. The summed E-state index contributed by atoms with van der Waals surface area (Å²) in [5.74, 6) is 1.37. The van der Waals surface area contributed by atoms with E-state index in [-0.39, 0.29) is 10.8 Å². The summed E-state index contributed by atoms with van der Waals surface area (Å²) in [5, 5.41) is 10.3. The Hall–Kier alpha value is -2.45. The number of hydrogen-bond donors (Lipinski definition) is 2. The number of para-hydroxylation sites is 1. The van der Waals surface area contributed by atoms with Crippen LogP contribution in [0.5, 0.6) is 0 Å². The maximum Gasteiger partial charge on any atom is 0.258 e. The lowest BCUT2D eigenvalue weighted by Gasteiger charge is -2.08. The van der Waals surface area contributed by atoms with Gasteiger partial charge < -0.3 is 4.98 Å². The Bertz CT molecular complexity index is 1040. The highest BCUT2D eigenvalue weighted by atomic mass is 32.2. The molecular formula is C16H13N5OS2. The zero-order valence-corrected chi connectivity index (χ0v) is 14.3. The second kappa shape index (κ2) is 6.21. The quantitative estimate of drug-likeness (QED) is 0.546. The van der Waals surface area contributed by atoms with Crippen LogP contribution in [0.3, 0.4) is 0 Å². The molecule has 0 aliphatic heterocycles. The molecule has 4 aromatic rings. The van der Waals surface area contributed by atoms with Crippen LogP contribution in [0, 0.1) is 0 Å². The molecule has 6 nitrogen and oxygen atoms in total. The van der Waals surface area contributed by atoms with Crippen molar-refractivity contribution in [2.24, 2.45) is 0 Å². The molecule has 0 saturated carbocycles. The Labute approximate surface area is 145 Å². The number of aromatic amines is 2. The van der Waals surface area contributed by atoms with Gasteiger partial charge in [0.15, 0.2) is 5.82 Å². The Balaban J connectivity index is 1.60. The van der Waals surface area contributed by atoms with Crippen LogP contribution in [0.2, 0.25) is 0 Å². The average molecular weight is 355 g/mol. The zero-order valence-electron chi connectivity index (χ0n) is 12.7. The lowest BCUT2D eigenvalue weighted by molar-refractivity contribution is 0.904. The minimum atomic E-state index is -0.127. The molecule has 0 unspecified atom stereocenters. The van der Waals surface area contributed by atoms with Crippen molar-refractivity contribution in [2.75, 3.05) is 0 Å². The molecule has 0 radical (unpaired) electrons. The third-order valence-electron chi connectivity index (χ3n) is 3.52. The van der Waals surface area contributed by atoms with Crippen molar-refractivity contribution in [1.29, 1.82) is 0 Å². The summed E-state index contributed by atoms with van der Waals surface area (Å²) < 4.78 is 0. The van der Waals surface area contributed by atoms with E-state index < -0.39 is 0 Å². The second-order valence-electron chi connectivity index (χ2n) is 5.17. The first-order valence-electron chi connectivity index (χ1n) is 7.32. The van der Waals surface area contributed by atoms with Crippen LogP contribution in [0.1, 0.15) is 18.0 Å². The predicted molar refractivity (Wildman–Crippen MR) is 96.3 cm³/mol. The summed E-state index contributed by atoms with van der Waals surface area (Å²) in [6.07, 6.45) is 0. The van der Waals surface area contributed by atoms with Crippen LogP contribution in [-0.2, 0) is 0 Å². The Morgan fingerprint density at radius 3 is 2.88 bits per heavy atom. The van der Waals surface area contributed by atoms with Crippen molar-refractivity contribution in [3.63, 3.8) is 0 Å². The molecule has 0 fully saturated rings. The van der Waals surface area contributed by atoms with Gasteiger partial charge in [0.1, 0.15) is 5.82 Å². The number of benzene rings is 1. The molecule has 2 N–H and O–H groups in total. The minimum absolute atomic E-state index is 0.0747. The second-order valence-corrected chi connectivity index (χ2v) is 7.43. The van der Waals surface area contributed by atoms with Crippen molar-refractivity contribution in [3.8, 4) is 10.7 Å². The topological polar surface area (TPSA) is 87.3 Å². The smallest absolute Gasteiger partial charge is 0.258 e. The van der Waals surface area contributed by atoms with Crippen LogP contribution < -0.4 is 5.56 Å². The van der Waals surface area contributed by atoms with E-state index in [1.165, 1.54) is 11.8 Å². The lowest BCUT2D eigenvalue weighted by atomic mass is 10.2. The number of hydrogen-bond acceptors (Lipinski definition) is 6. The van der Waals surface area contributed by atoms with Gasteiger partial charge in [0.25, 0.3) is 5.56 Å². The molecule has 120 valence electrons. The highest BCUT2D eigenvalue weighted by molar-refractivity contribution is 7.99. The molecule has 4 rings (SSSR count). The molecule has 0 aliphatic rings. The summed E-state index contributed by atoms with van der Waals surface area (Å²) in [4.78, 5) is 25.1. The molecule has 0 bridgehead atoms. The normalized spacial score (nSPS) is 12.5. The van der Waals surface area contributed by atoms with Crippen molar-refractivity contribution in [1.82, 2.24) is 25.1 Å². The molecule has 0 spiro atoms. The minimum Gasteiger partial charge on any atom is -0.309 e. The average Bonchev–Trinajstić information content (AvgIpc) is 3.26. The van der Waals surface area contributed by atoms with E-state index in [4.69, 9.17) is 0 Å². The first kappa shape index (κ1) is 15.1. The largest absolute Gasteiger partial charge is 0.309 e. The Morgan fingerprint density at radius 2 is 2.04 bits per heavy atom. The van der Waals surface area contributed by atoms with Crippen molar-refractivity contribution < 1.29 is 0 Å². The summed E-state index contributed by atoms with van der Waals surface area (Å²) >= 11 is 3.06. The van der Waals surface area contributed by atoms with Gasteiger partial charge in [-0.25, -0.2) is 9.97 Å². The summed E-state index contributed by atoms with van der Waals surface area (Å²) in [7, 11) is 0. The van der Waals surface area contributed by atoms with E-state index in [1.54, 1.807) is 17.4 Å². The Kier molecular flexibility index (Phi) is 3.91. The van der Waals surface area contributed by atoms with Crippen LogP contribution in [0.15, 0.2) is 51.7 Å². The van der Waals surface area contributed by atoms with Gasteiger partial charge in [-0.05, 0) is 30.5 Å². The third-order valence-corrected chi connectivity index (χ3v) is 5.36. The molecule has 1 atom stereocenters. The summed E-state index contributed by atoms with van der Waals surface area (Å²) in [5.41, 5.74) is 0.565. The number of H-pyrrole nitrogens is 2. The number of fused-ring (bicyclic) bond motifs is 1. The monoisotopic (exact) mass is 355 g/mol. The van der Waals surface area contributed by atoms with Crippen LogP contribution >= 0.6 is 23.1 Å². The molecule has 3 aromatic heterocycles. The van der Waals surface area contributed by atoms with Crippen LogP contribution in [0.25, 0.3) is 21.6 Å². The number of aromatic nitrogens is 5. The summed E-state index contributed by atoms with van der Waals surface area (Å²) in [6, 6.07) is 11.3. The van der Waals surface area contributed by atoms with E-state index in [0.29, 0.717) is 21.9 Å². The standard InChI is InChI=1S/C16H13N5OS2/c1-9(13-17-11-6-3-2-5-10(11)15(22)18-13)24-16-19-14(20-21-16)12-7-4-8-23-12/h2-9H,1H3,(H,17,18,22)(H,19,20,21)/t9-/m1/s1. The van der Waals surface area contributed by atoms with E-state index in [2.05, 4.69) is 25.1 Å². The van der Waals surface area contributed by atoms with Crippen molar-refractivity contribution in [3.05, 3.63) is 58.0 Å². The molecule has 0 saturated heterocycles. The first-order valence-corrected chi connectivity index (χ1v) is 9.08. The highest BCUT2D eigenvalue weighted by Crippen LogP contribution is 2.32. The Morgan fingerprint density at radius 1 is 1.17 bits per heavy atom. The van der Waals surface area contributed by atoms with E-state index in [1.807, 2.05) is 42.6 Å². The van der Waals surface area contributed by atoms with Gasteiger partial charge in [0, 0.05) is 0 Å². The van der Waals surface area contributed by atoms with Gasteiger partial charge in [0.05, 0.1) is 21.0 Å². The lowest BCUT2D eigenvalue weighted by Crippen LogP contribution is -2.12. The molecule has 3 heterocycles. The van der Waals surface area contributed by atoms with E-state index in [9.17, 15) is 4.79 Å². The van der Waals surface area contributed by atoms with Gasteiger partial charge in [-0.15, -0.1) is 16.4 Å². The van der Waals surface area contributed by atoms with Gasteiger partial charge in [-0.3, -0.25) is 9.89 Å². The molecule has 0 amide bonds. The predicted octanol–water partition coefficient (Wildman–Crippen LogP) is 3.62. The van der Waals surface area contributed by atoms with Gasteiger partial charge in [-0.2, -0.15) is 0 Å². The fourth-order valence-electron chi connectivity index (χ4n) is 2.33. The zero-order chi connectivity index (χ0) is 16.5. The fraction of sp³-hybridized carbons (Fsp3) is 0.125. The molecule has 0 aliphatic carbocycles. The maximum atomic E-state index is 12.2. The van der Waals surface area contributed by atoms with E-state index in [0.717, 1.165) is 10.7 Å². The van der Waals surface area contributed by atoms with Gasteiger partial charge in [-0.1, -0.05) is 30.0 Å². The number of rotatable bonds is 4. The third kappa shape index (κ3) is 2.85. The SMILES string of the molecule is C[C@@H](Sc1n[nH]c(-c2cccs2)n1)c1nc2ccccc2c(=O)[nH]1. The number of thioether (sulfide) groups is 1. The molecular weight excluding hydrogens is 342 g/mol. The maximum absolute atomic E-state index is 12.2. The van der Waals surface area contributed by atoms with Gasteiger partial charge in [0.2, 0.25) is 5.16 Å². The first-order chi connectivity index (χ1) is 11.7. The number of nitrogens with zero attached hydrogens (tertiary/aromatic N) is 3. The molecule has 1 aromatic carbocycles. The van der Waals surface area contributed by atoms with E-state index >= 15 is 0 Å². The van der Waals surface area contributed by atoms with Crippen molar-refractivity contribution >= 4 is 34.0 Å². The summed E-state index contributed by atoms with van der Waals surface area (Å²) in [6.45, 7) is 1.97. The van der Waals surface area contributed by atoms with Crippen molar-refractivity contribution in [2.45, 2.75) is 17.3 Å². The molecule has 8 heteroatoms.